The van der Waals surface area contributed by atoms with Gasteiger partial charge >= 0.3 is 0 Å². The van der Waals surface area contributed by atoms with E-state index in [-0.39, 0.29) is 0 Å². The fourth-order valence-electron chi connectivity index (χ4n) is 2.23. The third kappa shape index (κ3) is 4.67. The van der Waals surface area contributed by atoms with Crippen LogP contribution in [0, 0.1) is 5.41 Å². The van der Waals surface area contributed by atoms with Gasteiger partial charge in [-0.15, -0.1) is 6.58 Å². The van der Waals surface area contributed by atoms with Crippen molar-refractivity contribution in [2.24, 2.45) is 5.41 Å². The van der Waals surface area contributed by atoms with Gasteiger partial charge in [0, 0.05) is 12.6 Å². The molecule has 1 atom stereocenters. The molecule has 0 aromatic heterocycles. The molecule has 1 saturated heterocycles. The van der Waals surface area contributed by atoms with E-state index in [0.717, 1.165) is 6.42 Å². The Labute approximate surface area is 101 Å². The first-order valence-electron chi connectivity index (χ1n) is 6.58. The van der Waals surface area contributed by atoms with Crippen LogP contribution in [-0.2, 0) is 0 Å². The van der Waals surface area contributed by atoms with E-state index in [1.807, 2.05) is 6.08 Å². The van der Waals surface area contributed by atoms with E-state index in [1.165, 1.54) is 38.9 Å². The molecule has 94 valence electrons. The van der Waals surface area contributed by atoms with Crippen LogP contribution in [0.5, 0.6) is 0 Å². The predicted octanol–water partition coefficient (Wildman–Crippen LogP) is 2.66. The fourth-order valence-corrected chi connectivity index (χ4v) is 2.23. The average Bonchev–Trinajstić information content (AvgIpc) is 2.28. The van der Waals surface area contributed by atoms with Crippen molar-refractivity contribution < 1.29 is 0 Å². The highest BCUT2D eigenvalue weighted by Gasteiger charge is 2.28. The fraction of sp³-hybridized carbons (Fsp3) is 0.857. The van der Waals surface area contributed by atoms with E-state index in [2.05, 4.69) is 37.7 Å². The van der Waals surface area contributed by atoms with E-state index in [0.29, 0.717) is 11.5 Å². The molecule has 16 heavy (non-hydrogen) atoms. The van der Waals surface area contributed by atoms with Gasteiger partial charge in [0.15, 0.2) is 0 Å². The third-order valence-corrected chi connectivity index (χ3v) is 3.88. The Morgan fingerprint density at radius 2 is 2.06 bits per heavy atom. The molecule has 1 unspecified atom stereocenters. The maximum Gasteiger partial charge on any atom is 0.00419 e. The summed E-state index contributed by atoms with van der Waals surface area (Å²) in [4.78, 5) is 2.43. The average molecular weight is 224 g/mol. The molecule has 0 spiro atoms. The molecule has 0 amide bonds. The molecule has 0 saturated carbocycles. The van der Waals surface area contributed by atoms with Gasteiger partial charge in [-0.25, -0.2) is 0 Å². The zero-order valence-corrected chi connectivity index (χ0v) is 11.3. The van der Waals surface area contributed by atoms with Crippen molar-refractivity contribution in [3.63, 3.8) is 0 Å². The highest BCUT2D eigenvalue weighted by atomic mass is 15.1. The molecule has 1 fully saturated rings. The number of likely N-dealkylation sites (tertiary alicyclic amines) is 1. The molecule has 0 aromatic carbocycles. The summed E-state index contributed by atoms with van der Waals surface area (Å²) in [6.45, 7) is 12.1. The first-order valence-corrected chi connectivity index (χ1v) is 6.58. The minimum atomic E-state index is 0.509. The summed E-state index contributed by atoms with van der Waals surface area (Å²) in [6, 6.07) is 0.620. The minimum absolute atomic E-state index is 0.509. The van der Waals surface area contributed by atoms with Crippen LogP contribution in [0.2, 0.25) is 0 Å². The van der Waals surface area contributed by atoms with E-state index >= 15 is 0 Å². The van der Waals surface area contributed by atoms with Crippen LogP contribution in [0.3, 0.4) is 0 Å². The van der Waals surface area contributed by atoms with Gasteiger partial charge in [-0.05, 0) is 58.2 Å². The minimum Gasteiger partial charge on any atom is -0.314 e. The van der Waals surface area contributed by atoms with Crippen LogP contribution < -0.4 is 5.32 Å². The molecule has 1 aliphatic rings. The van der Waals surface area contributed by atoms with Crippen LogP contribution >= 0.6 is 0 Å². The predicted molar refractivity (Wildman–Crippen MR) is 71.7 cm³/mol. The van der Waals surface area contributed by atoms with Crippen molar-refractivity contribution >= 4 is 0 Å². The molecule has 1 rings (SSSR count). The molecule has 0 radical (unpaired) electrons. The largest absolute Gasteiger partial charge is 0.314 e. The monoisotopic (exact) mass is 224 g/mol. The number of allylic oxidation sites excluding steroid dienone is 1. The SMILES string of the molecule is C=CCCC(C)NCC1(C)CCN(C)CC1. The van der Waals surface area contributed by atoms with E-state index in [9.17, 15) is 0 Å². The number of rotatable bonds is 6. The highest BCUT2D eigenvalue weighted by Crippen LogP contribution is 2.29. The second kappa shape index (κ2) is 6.41. The number of hydrogen-bond donors (Lipinski definition) is 1. The molecule has 0 aromatic rings. The van der Waals surface area contributed by atoms with E-state index in [4.69, 9.17) is 0 Å². The van der Waals surface area contributed by atoms with Gasteiger partial charge in [0.05, 0.1) is 0 Å². The standard InChI is InChI=1S/C14H28N2/c1-5-6-7-13(2)15-12-14(3)8-10-16(4)11-9-14/h5,13,15H,1,6-12H2,2-4H3. The van der Waals surface area contributed by atoms with Crippen LogP contribution in [0.4, 0.5) is 0 Å². The quantitative estimate of drug-likeness (QED) is 0.698. The van der Waals surface area contributed by atoms with Gasteiger partial charge in [-0.1, -0.05) is 13.0 Å². The molecule has 1 heterocycles. The van der Waals surface area contributed by atoms with E-state index < -0.39 is 0 Å². The first kappa shape index (κ1) is 13.7. The topological polar surface area (TPSA) is 15.3 Å². The summed E-state index contributed by atoms with van der Waals surface area (Å²) >= 11 is 0. The molecule has 0 bridgehead atoms. The Morgan fingerprint density at radius 1 is 1.44 bits per heavy atom. The summed E-state index contributed by atoms with van der Waals surface area (Å²) in [6.07, 6.45) is 6.98. The molecule has 1 aliphatic heterocycles. The Hall–Kier alpha value is -0.340. The van der Waals surface area contributed by atoms with Gasteiger partial charge in [-0.2, -0.15) is 0 Å². The van der Waals surface area contributed by atoms with Crippen molar-refractivity contribution in [2.75, 3.05) is 26.7 Å². The van der Waals surface area contributed by atoms with Gasteiger partial charge in [-0.3, -0.25) is 0 Å². The lowest BCUT2D eigenvalue weighted by Gasteiger charge is -2.38. The van der Waals surface area contributed by atoms with Gasteiger partial charge in [0.1, 0.15) is 0 Å². The van der Waals surface area contributed by atoms with Crippen LogP contribution in [-0.4, -0.2) is 37.6 Å². The Morgan fingerprint density at radius 3 is 2.62 bits per heavy atom. The Balaban J connectivity index is 2.22. The van der Waals surface area contributed by atoms with Gasteiger partial charge in [0.2, 0.25) is 0 Å². The van der Waals surface area contributed by atoms with Crippen molar-refractivity contribution in [3.8, 4) is 0 Å². The second-order valence-electron chi connectivity index (χ2n) is 5.76. The number of nitrogens with one attached hydrogen (secondary N) is 1. The van der Waals surface area contributed by atoms with Crippen LogP contribution in [0.25, 0.3) is 0 Å². The van der Waals surface area contributed by atoms with E-state index in [1.54, 1.807) is 0 Å². The zero-order chi connectivity index (χ0) is 12.0. The smallest absolute Gasteiger partial charge is 0.00419 e. The normalized spacial score (nSPS) is 22.9. The van der Waals surface area contributed by atoms with Crippen LogP contribution in [0.15, 0.2) is 12.7 Å². The highest BCUT2D eigenvalue weighted by molar-refractivity contribution is 4.84. The zero-order valence-electron chi connectivity index (χ0n) is 11.3. The summed E-state index contributed by atoms with van der Waals surface area (Å²) in [5, 5.41) is 3.68. The first-order chi connectivity index (χ1) is 7.56. The van der Waals surface area contributed by atoms with Crippen molar-refractivity contribution in [1.29, 1.82) is 0 Å². The maximum absolute atomic E-state index is 3.77. The summed E-state index contributed by atoms with van der Waals surface area (Å²) in [5.74, 6) is 0. The summed E-state index contributed by atoms with van der Waals surface area (Å²) in [5.41, 5.74) is 0.509. The van der Waals surface area contributed by atoms with Crippen molar-refractivity contribution in [2.45, 2.75) is 45.6 Å². The molecule has 1 N–H and O–H groups in total. The molecular weight excluding hydrogens is 196 g/mol. The second-order valence-corrected chi connectivity index (χ2v) is 5.76. The molecule has 0 aliphatic carbocycles. The molecular formula is C14H28N2. The van der Waals surface area contributed by atoms with Crippen molar-refractivity contribution in [3.05, 3.63) is 12.7 Å². The Bertz CT molecular complexity index is 205. The Kier molecular flexibility index (Phi) is 5.50. The number of piperidine rings is 1. The maximum atomic E-state index is 3.77. The molecule has 2 heteroatoms. The molecule has 2 nitrogen and oxygen atoms in total. The lowest BCUT2D eigenvalue weighted by Crippen LogP contribution is -2.44. The third-order valence-electron chi connectivity index (χ3n) is 3.88. The number of hydrogen-bond acceptors (Lipinski definition) is 2. The van der Waals surface area contributed by atoms with Gasteiger partial charge in [0.25, 0.3) is 0 Å². The van der Waals surface area contributed by atoms with Crippen molar-refractivity contribution in [1.82, 2.24) is 10.2 Å². The summed E-state index contributed by atoms with van der Waals surface area (Å²) < 4.78 is 0. The lowest BCUT2D eigenvalue weighted by molar-refractivity contribution is 0.133. The van der Waals surface area contributed by atoms with Crippen LogP contribution in [0.1, 0.15) is 39.5 Å². The lowest BCUT2D eigenvalue weighted by atomic mass is 9.80. The van der Waals surface area contributed by atoms with Gasteiger partial charge < -0.3 is 10.2 Å². The summed E-state index contributed by atoms with van der Waals surface area (Å²) in [7, 11) is 2.22. The number of nitrogens with zero attached hydrogens (tertiary/aromatic N) is 1.